The number of carbonyl (C=O) groups excluding carboxylic acids is 1. The minimum absolute atomic E-state index is 0.253. The molecule has 126 valence electrons. The molecular formula is C16H23N3O4. The summed E-state index contributed by atoms with van der Waals surface area (Å²) in [5.41, 5.74) is -0.640. The van der Waals surface area contributed by atoms with E-state index in [0.717, 1.165) is 12.8 Å². The number of carboxylic acid groups (broad SMARTS) is 1. The first-order valence-electron chi connectivity index (χ1n) is 7.79. The monoisotopic (exact) mass is 321 g/mol. The zero-order valence-electron chi connectivity index (χ0n) is 13.7. The molecule has 1 aromatic heterocycles. The van der Waals surface area contributed by atoms with Crippen molar-refractivity contribution in [1.82, 2.24) is 9.97 Å². The van der Waals surface area contributed by atoms with E-state index >= 15 is 0 Å². The molecule has 0 saturated heterocycles. The van der Waals surface area contributed by atoms with Gasteiger partial charge < -0.3 is 9.84 Å². The topological polar surface area (TPSA) is 92.6 Å². The molecule has 1 fully saturated rings. The summed E-state index contributed by atoms with van der Waals surface area (Å²) in [6, 6.07) is -0.253. The van der Waals surface area contributed by atoms with Crippen LogP contribution in [-0.2, 0) is 9.53 Å². The highest BCUT2D eigenvalue weighted by Gasteiger charge is 2.36. The van der Waals surface area contributed by atoms with E-state index in [0.29, 0.717) is 18.7 Å². The zero-order valence-corrected chi connectivity index (χ0v) is 13.7. The molecule has 2 unspecified atom stereocenters. The van der Waals surface area contributed by atoms with Crippen LogP contribution in [0.25, 0.3) is 0 Å². The summed E-state index contributed by atoms with van der Waals surface area (Å²) in [5.74, 6) is -0.883. The van der Waals surface area contributed by atoms with Crippen molar-refractivity contribution in [1.29, 1.82) is 0 Å². The first-order chi connectivity index (χ1) is 10.8. The van der Waals surface area contributed by atoms with E-state index in [1.54, 1.807) is 20.8 Å². The van der Waals surface area contributed by atoms with Gasteiger partial charge in [0.05, 0.1) is 12.1 Å². The number of ether oxygens (including phenoxy) is 1. The van der Waals surface area contributed by atoms with Crippen LogP contribution in [0, 0.1) is 5.92 Å². The van der Waals surface area contributed by atoms with Crippen molar-refractivity contribution >= 4 is 17.9 Å². The predicted octanol–water partition coefficient (Wildman–Crippen LogP) is 2.86. The van der Waals surface area contributed by atoms with Crippen LogP contribution in [0.5, 0.6) is 0 Å². The van der Waals surface area contributed by atoms with E-state index < -0.39 is 23.6 Å². The Hall–Kier alpha value is -2.18. The molecule has 1 amide bonds. The molecule has 2 rings (SSSR count). The van der Waals surface area contributed by atoms with Crippen LogP contribution in [0.4, 0.5) is 10.6 Å². The second-order valence-corrected chi connectivity index (χ2v) is 6.77. The van der Waals surface area contributed by atoms with E-state index in [4.69, 9.17) is 4.74 Å². The van der Waals surface area contributed by atoms with E-state index in [-0.39, 0.29) is 6.04 Å². The molecule has 2 atom stereocenters. The predicted molar refractivity (Wildman–Crippen MR) is 84.1 cm³/mol. The van der Waals surface area contributed by atoms with E-state index in [2.05, 4.69) is 9.97 Å². The Morgan fingerprint density at radius 2 is 2.04 bits per heavy atom. The maximum atomic E-state index is 12.6. The maximum Gasteiger partial charge on any atom is 0.416 e. The molecule has 0 aliphatic heterocycles. The first-order valence-corrected chi connectivity index (χ1v) is 7.79. The van der Waals surface area contributed by atoms with Crippen molar-refractivity contribution in [3.63, 3.8) is 0 Å². The van der Waals surface area contributed by atoms with Gasteiger partial charge in [0.15, 0.2) is 5.82 Å². The Balaban J connectivity index is 2.26. The minimum Gasteiger partial charge on any atom is -0.481 e. The molecule has 0 aromatic carbocycles. The Morgan fingerprint density at radius 1 is 1.30 bits per heavy atom. The number of hydrogen-bond acceptors (Lipinski definition) is 5. The molecule has 23 heavy (non-hydrogen) atoms. The van der Waals surface area contributed by atoms with Crippen LogP contribution in [0.2, 0.25) is 0 Å². The summed E-state index contributed by atoms with van der Waals surface area (Å²) < 4.78 is 5.48. The third-order valence-corrected chi connectivity index (χ3v) is 3.75. The summed E-state index contributed by atoms with van der Waals surface area (Å²) in [4.78, 5) is 33.6. The number of anilines is 1. The third kappa shape index (κ3) is 4.64. The number of carbonyl (C=O) groups is 2. The molecule has 0 spiro atoms. The Kier molecular flexibility index (Phi) is 5.18. The Bertz CT molecular complexity index is 556. The minimum atomic E-state index is -0.821. The molecule has 1 saturated carbocycles. The number of carboxylic acids is 1. The normalized spacial score (nSPS) is 21.5. The highest BCUT2D eigenvalue weighted by molar-refractivity contribution is 5.87. The molecule has 7 heteroatoms. The van der Waals surface area contributed by atoms with Gasteiger partial charge in [0.1, 0.15) is 5.60 Å². The van der Waals surface area contributed by atoms with Gasteiger partial charge in [-0.1, -0.05) is 6.42 Å². The lowest BCUT2D eigenvalue weighted by Crippen LogP contribution is -2.46. The molecule has 1 aliphatic rings. The number of aliphatic carboxylic acids is 1. The molecule has 1 aliphatic carbocycles. The summed E-state index contributed by atoms with van der Waals surface area (Å²) in [5, 5.41) is 9.27. The van der Waals surface area contributed by atoms with Gasteiger partial charge in [-0.3, -0.25) is 14.7 Å². The van der Waals surface area contributed by atoms with Gasteiger partial charge in [-0.15, -0.1) is 0 Å². The van der Waals surface area contributed by atoms with Crippen LogP contribution < -0.4 is 4.90 Å². The lowest BCUT2D eigenvalue weighted by atomic mass is 9.85. The fourth-order valence-electron chi connectivity index (χ4n) is 2.78. The van der Waals surface area contributed by atoms with Gasteiger partial charge in [0, 0.05) is 18.4 Å². The van der Waals surface area contributed by atoms with Gasteiger partial charge in [0.25, 0.3) is 0 Å². The molecular weight excluding hydrogens is 298 g/mol. The SMILES string of the molecule is CC(C)(C)OC(=O)N(c1cnccn1)C1CCCC(C(=O)O)C1. The number of aromatic nitrogens is 2. The van der Waals surface area contributed by atoms with Crippen molar-refractivity contribution < 1.29 is 19.4 Å². The summed E-state index contributed by atoms with van der Waals surface area (Å²) in [6.07, 6.45) is 6.50. The molecule has 1 heterocycles. The maximum absolute atomic E-state index is 12.6. The number of rotatable bonds is 3. The smallest absolute Gasteiger partial charge is 0.416 e. The van der Waals surface area contributed by atoms with Crippen LogP contribution in [0.15, 0.2) is 18.6 Å². The Morgan fingerprint density at radius 3 is 2.61 bits per heavy atom. The molecule has 1 aromatic rings. The highest BCUT2D eigenvalue weighted by Crippen LogP contribution is 2.31. The molecule has 0 radical (unpaired) electrons. The van der Waals surface area contributed by atoms with Crippen LogP contribution in [0.1, 0.15) is 46.5 Å². The van der Waals surface area contributed by atoms with Crippen LogP contribution in [-0.4, -0.2) is 38.8 Å². The summed E-state index contributed by atoms with van der Waals surface area (Å²) >= 11 is 0. The second-order valence-electron chi connectivity index (χ2n) is 6.77. The van der Waals surface area contributed by atoms with Gasteiger partial charge >= 0.3 is 12.1 Å². The fourth-order valence-corrected chi connectivity index (χ4v) is 2.78. The van der Waals surface area contributed by atoms with Crippen LogP contribution in [0.3, 0.4) is 0 Å². The van der Waals surface area contributed by atoms with Crippen molar-refractivity contribution in [3.05, 3.63) is 18.6 Å². The second kappa shape index (κ2) is 6.93. The van der Waals surface area contributed by atoms with Gasteiger partial charge in [-0.2, -0.15) is 0 Å². The average Bonchev–Trinajstić information content (AvgIpc) is 2.47. The van der Waals surface area contributed by atoms with Crippen molar-refractivity contribution in [2.75, 3.05) is 4.90 Å². The average molecular weight is 321 g/mol. The van der Waals surface area contributed by atoms with Crippen LogP contribution >= 0.6 is 0 Å². The van der Waals surface area contributed by atoms with E-state index in [1.165, 1.54) is 23.5 Å². The molecule has 7 nitrogen and oxygen atoms in total. The van der Waals surface area contributed by atoms with Gasteiger partial charge in [-0.05, 0) is 40.0 Å². The largest absolute Gasteiger partial charge is 0.481 e. The summed E-state index contributed by atoms with van der Waals surface area (Å²) in [6.45, 7) is 5.38. The van der Waals surface area contributed by atoms with Gasteiger partial charge in [-0.25, -0.2) is 9.78 Å². The lowest BCUT2D eigenvalue weighted by Gasteiger charge is -2.36. The quantitative estimate of drug-likeness (QED) is 0.920. The third-order valence-electron chi connectivity index (χ3n) is 3.75. The standard InChI is InChI=1S/C16H23N3O4/c1-16(2,3)23-15(22)19(13-10-17-7-8-18-13)12-6-4-5-11(9-12)14(20)21/h7-8,10-12H,4-6,9H2,1-3H3,(H,20,21). The van der Waals surface area contributed by atoms with E-state index in [9.17, 15) is 14.7 Å². The number of nitrogens with zero attached hydrogens (tertiary/aromatic N) is 3. The summed E-state index contributed by atoms with van der Waals surface area (Å²) in [7, 11) is 0. The molecule has 1 N–H and O–H groups in total. The Labute approximate surface area is 135 Å². The number of hydrogen-bond donors (Lipinski definition) is 1. The molecule has 0 bridgehead atoms. The van der Waals surface area contributed by atoms with E-state index in [1.807, 2.05) is 0 Å². The first kappa shape index (κ1) is 17.2. The fraction of sp³-hybridized carbons (Fsp3) is 0.625. The highest BCUT2D eigenvalue weighted by atomic mass is 16.6. The van der Waals surface area contributed by atoms with Crippen molar-refractivity contribution in [3.8, 4) is 0 Å². The van der Waals surface area contributed by atoms with Crippen molar-refractivity contribution in [2.24, 2.45) is 5.92 Å². The zero-order chi connectivity index (χ0) is 17.0. The number of amides is 1. The van der Waals surface area contributed by atoms with Crippen molar-refractivity contribution in [2.45, 2.75) is 58.1 Å². The van der Waals surface area contributed by atoms with Gasteiger partial charge in [0.2, 0.25) is 0 Å². The lowest BCUT2D eigenvalue weighted by molar-refractivity contribution is -0.143.